The van der Waals surface area contributed by atoms with Crippen LogP contribution in [-0.2, 0) is 19.2 Å². The molecular weight excluding hydrogens is 280 g/mol. The molecule has 0 aliphatic rings. The predicted molar refractivity (Wildman–Crippen MR) is 73.4 cm³/mol. The summed E-state index contributed by atoms with van der Waals surface area (Å²) in [5.41, 5.74) is 0. The summed E-state index contributed by atoms with van der Waals surface area (Å²) in [6.45, 7) is 0.825. The van der Waals surface area contributed by atoms with Gasteiger partial charge >= 0.3 is 11.9 Å². The van der Waals surface area contributed by atoms with Gasteiger partial charge in [0, 0.05) is 37.4 Å². The van der Waals surface area contributed by atoms with Gasteiger partial charge in [0.05, 0.1) is 0 Å². The highest BCUT2D eigenvalue weighted by atomic mass is 16.4. The van der Waals surface area contributed by atoms with Gasteiger partial charge < -0.3 is 20.8 Å². The Labute approximate surface area is 121 Å². The van der Waals surface area contributed by atoms with Gasteiger partial charge in [-0.25, -0.2) is 9.59 Å². The molecule has 0 aliphatic carbocycles. The third kappa shape index (κ3) is 13.6. The molecule has 0 aromatic rings. The maximum absolute atomic E-state index is 11.1. The lowest BCUT2D eigenvalue weighted by atomic mass is 10.2. The first-order chi connectivity index (χ1) is 9.91. The molecule has 0 radical (unpaired) electrons. The fourth-order valence-electron chi connectivity index (χ4n) is 1.26. The minimum absolute atomic E-state index is 0.412. The second-order valence-electron chi connectivity index (χ2n) is 3.99. The van der Waals surface area contributed by atoms with E-state index in [0.29, 0.717) is 25.9 Å². The van der Waals surface area contributed by atoms with Crippen LogP contribution in [0.25, 0.3) is 0 Å². The van der Waals surface area contributed by atoms with Gasteiger partial charge in [0.2, 0.25) is 11.8 Å². The number of nitrogens with one attached hydrogen (secondary N) is 2. The molecular formula is C13H18N2O6. The fourth-order valence-corrected chi connectivity index (χ4v) is 1.26. The van der Waals surface area contributed by atoms with Crippen molar-refractivity contribution >= 4 is 23.8 Å². The minimum Gasteiger partial charge on any atom is -0.478 e. The lowest BCUT2D eigenvalue weighted by Crippen LogP contribution is -2.24. The number of amides is 2. The second-order valence-corrected chi connectivity index (χ2v) is 3.99. The van der Waals surface area contributed by atoms with E-state index in [-0.39, 0.29) is 0 Å². The number of hydrogen-bond acceptors (Lipinski definition) is 4. The zero-order valence-electron chi connectivity index (χ0n) is 11.4. The van der Waals surface area contributed by atoms with E-state index in [2.05, 4.69) is 10.6 Å². The molecule has 0 aromatic heterocycles. The van der Waals surface area contributed by atoms with Crippen LogP contribution in [0, 0.1) is 0 Å². The molecule has 0 aromatic carbocycles. The van der Waals surface area contributed by atoms with Crippen LogP contribution in [0.1, 0.15) is 19.3 Å². The van der Waals surface area contributed by atoms with Gasteiger partial charge in [-0.1, -0.05) is 0 Å². The van der Waals surface area contributed by atoms with E-state index in [1.807, 2.05) is 0 Å². The summed E-state index contributed by atoms with van der Waals surface area (Å²) in [6.07, 6.45) is 5.53. The fraction of sp³-hybridized carbons (Fsp3) is 0.385. The lowest BCUT2D eigenvalue weighted by Gasteiger charge is -2.03. The van der Waals surface area contributed by atoms with Crippen molar-refractivity contribution in [1.29, 1.82) is 0 Å². The Bertz CT molecular complexity index is 402. The van der Waals surface area contributed by atoms with Gasteiger partial charge in [-0.3, -0.25) is 9.59 Å². The van der Waals surface area contributed by atoms with Crippen molar-refractivity contribution in [2.45, 2.75) is 19.3 Å². The monoisotopic (exact) mass is 298 g/mol. The molecule has 21 heavy (non-hydrogen) atoms. The van der Waals surface area contributed by atoms with Gasteiger partial charge in [0.25, 0.3) is 0 Å². The first-order valence-corrected chi connectivity index (χ1v) is 6.29. The van der Waals surface area contributed by atoms with Crippen LogP contribution in [0.5, 0.6) is 0 Å². The Morgan fingerprint density at radius 2 is 1.05 bits per heavy atom. The summed E-state index contributed by atoms with van der Waals surface area (Å²) < 4.78 is 0. The number of carbonyl (C=O) groups excluding carboxylic acids is 2. The Kier molecular flexibility index (Phi) is 9.80. The number of carboxylic acid groups (broad SMARTS) is 2. The molecule has 0 saturated carbocycles. The van der Waals surface area contributed by atoms with E-state index < -0.39 is 23.8 Å². The lowest BCUT2D eigenvalue weighted by molar-refractivity contribution is -0.132. The maximum Gasteiger partial charge on any atom is 0.328 e. The van der Waals surface area contributed by atoms with E-state index in [4.69, 9.17) is 10.2 Å². The van der Waals surface area contributed by atoms with E-state index in [1.165, 1.54) is 0 Å². The molecule has 2 amide bonds. The molecule has 8 nitrogen and oxygen atoms in total. The van der Waals surface area contributed by atoms with Crippen molar-refractivity contribution in [3.05, 3.63) is 24.3 Å². The molecule has 0 heterocycles. The van der Waals surface area contributed by atoms with Crippen molar-refractivity contribution in [2.75, 3.05) is 13.1 Å². The zero-order valence-corrected chi connectivity index (χ0v) is 11.4. The smallest absolute Gasteiger partial charge is 0.328 e. The molecule has 0 atom stereocenters. The van der Waals surface area contributed by atoms with E-state index in [1.54, 1.807) is 0 Å². The van der Waals surface area contributed by atoms with Crippen LogP contribution in [0.4, 0.5) is 0 Å². The van der Waals surface area contributed by atoms with Crippen LogP contribution < -0.4 is 10.6 Å². The molecule has 0 fully saturated rings. The third-order valence-electron chi connectivity index (χ3n) is 2.21. The molecule has 0 spiro atoms. The highest BCUT2D eigenvalue weighted by molar-refractivity contribution is 5.94. The largest absolute Gasteiger partial charge is 0.478 e. The molecule has 0 aliphatic heterocycles. The average molecular weight is 298 g/mol. The number of hydrogen-bond donors (Lipinski definition) is 4. The van der Waals surface area contributed by atoms with Gasteiger partial charge in [-0.15, -0.1) is 0 Å². The topological polar surface area (TPSA) is 133 Å². The van der Waals surface area contributed by atoms with Crippen molar-refractivity contribution in [2.24, 2.45) is 0 Å². The number of unbranched alkanes of at least 4 members (excludes halogenated alkanes) is 2. The molecule has 0 saturated heterocycles. The van der Waals surface area contributed by atoms with Gasteiger partial charge in [-0.05, 0) is 19.3 Å². The molecule has 116 valence electrons. The Morgan fingerprint density at radius 1 is 0.667 bits per heavy atom. The average Bonchev–Trinajstić information content (AvgIpc) is 2.41. The second kappa shape index (κ2) is 11.2. The zero-order chi connectivity index (χ0) is 16.1. The predicted octanol–water partition coefficient (Wildman–Crippen LogP) is -0.329. The summed E-state index contributed by atoms with van der Waals surface area (Å²) in [7, 11) is 0. The number of carboxylic acids is 2. The van der Waals surface area contributed by atoms with Gasteiger partial charge in [0.1, 0.15) is 0 Å². The molecule has 0 bridgehead atoms. The number of carbonyl (C=O) groups is 4. The van der Waals surface area contributed by atoms with E-state index in [0.717, 1.165) is 30.7 Å². The number of aliphatic carboxylic acids is 2. The van der Waals surface area contributed by atoms with E-state index >= 15 is 0 Å². The SMILES string of the molecule is O=C(O)C=CC(=O)NCCCCCNC(=O)C=CC(=O)O. The molecule has 8 heteroatoms. The maximum atomic E-state index is 11.1. The highest BCUT2D eigenvalue weighted by Crippen LogP contribution is 1.92. The molecule has 0 unspecified atom stereocenters. The summed E-state index contributed by atoms with van der Waals surface area (Å²) in [6, 6.07) is 0. The van der Waals surface area contributed by atoms with Crippen LogP contribution in [0.15, 0.2) is 24.3 Å². The summed E-state index contributed by atoms with van der Waals surface area (Å²) >= 11 is 0. The Balaban J connectivity index is 3.52. The highest BCUT2D eigenvalue weighted by Gasteiger charge is 1.98. The third-order valence-corrected chi connectivity index (χ3v) is 2.21. The van der Waals surface area contributed by atoms with Crippen molar-refractivity contribution < 1.29 is 29.4 Å². The first-order valence-electron chi connectivity index (χ1n) is 6.29. The molecule has 0 rings (SSSR count). The van der Waals surface area contributed by atoms with E-state index in [9.17, 15) is 19.2 Å². The normalized spacial score (nSPS) is 10.7. The minimum atomic E-state index is -1.18. The molecule has 4 N–H and O–H groups in total. The summed E-state index contributed by atoms with van der Waals surface area (Å²) in [4.78, 5) is 42.5. The van der Waals surface area contributed by atoms with Crippen molar-refractivity contribution in [3.8, 4) is 0 Å². The van der Waals surface area contributed by atoms with Gasteiger partial charge in [-0.2, -0.15) is 0 Å². The van der Waals surface area contributed by atoms with Gasteiger partial charge in [0.15, 0.2) is 0 Å². The number of rotatable bonds is 10. The van der Waals surface area contributed by atoms with Crippen molar-refractivity contribution in [3.63, 3.8) is 0 Å². The van der Waals surface area contributed by atoms with Crippen LogP contribution in [0.2, 0.25) is 0 Å². The Hall–Kier alpha value is -2.64. The Morgan fingerprint density at radius 3 is 1.38 bits per heavy atom. The van der Waals surface area contributed by atoms with Crippen molar-refractivity contribution in [1.82, 2.24) is 10.6 Å². The summed E-state index contributed by atoms with van der Waals surface area (Å²) in [5.74, 6) is -3.30. The summed E-state index contributed by atoms with van der Waals surface area (Å²) in [5, 5.41) is 21.6. The standard InChI is InChI=1S/C13H18N2O6/c16-10(4-6-12(18)19)14-8-2-1-3-9-15-11(17)5-7-13(20)21/h4-7H,1-3,8-9H2,(H,14,16)(H,15,17)(H,18,19)(H,20,21). The van der Waals surface area contributed by atoms with Crippen LogP contribution in [-0.4, -0.2) is 47.1 Å². The quantitative estimate of drug-likeness (QED) is 0.322. The van der Waals surface area contributed by atoms with Crippen LogP contribution in [0.3, 0.4) is 0 Å². The first kappa shape index (κ1) is 18.4. The van der Waals surface area contributed by atoms with Crippen LogP contribution >= 0.6 is 0 Å².